The van der Waals surface area contributed by atoms with E-state index in [-0.39, 0.29) is 5.56 Å². The van der Waals surface area contributed by atoms with Crippen LogP contribution < -0.4 is 5.56 Å². The molecule has 5 heteroatoms. The Morgan fingerprint density at radius 1 is 1.44 bits per heavy atom. The van der Waals surface area contributed by atoms with Crippen molar-refractivity contribution in [2.75, 3.05) is 7.11 Å². The Kier molecular flexibility index (Phi) is 3.07. The summed E-state index contributed by atoms with van der Waals surface area (Å²) in [5.41, 5.74) is 1.02. The lowest BCUT2D eigenvalue weighted by Gasteiger charge is -2.02. The van der Waals surface area contributed by atoms with Crippen molar-refractivity contribution in [1.29, 1.82) is 0 Å². The van der Waals surface area contributed by atoms with Crippen LogP contribution in [0.15, 0.2) is 35.3 Å². The Bertz CT molecular complexity index is 522. The fraction of sp³-hybridized carbons (Fsp3) is 0.182. The van der Waals surface area contributed by atoms with Gasteiger partial charge < -0.3 is 9.72 Å². The number of rotatable bonds is 3. The number of nitrogens with one attached hydrogen (secondary N) is 1. The molecule has 0 saturated heterocycles. The fourth-order valence-electron chi connectivity index (χ4n) is 1.35. The second-order valence-corrected chi connectivity index (χ2v) is 3.23. The van der Waals surface area contributed by atoms with Crippen molar-refractivity contribution >= 4 is 0 Å². The van der Waals surface area contributed by atoms with E-state index < -0.39 is 0 Å². The van der Waals surface area contributed by atoms with Crippen LogP contribution in [0.4, 0.5) is 0 Å². The van der Waals surface area contributed by atoms with Gasteiger partial charge in [-0.15, -0.1) is 0 Å². The fourth-order valence-corrected chi connectivity index (χ4v) is 1.35. The Hall–Kier alpha value is -2.01. The van der Waals surface area contributed by atoms with Crippen molar-refractivity contribution in [3.05, 3.63) is 46.5 Å². The molecule has 2 aromatic heterocycles. The number of methoxy groups -OCH3 is 1. The summed E-state index contributed by atoms with van der Waals surface area (Å²) < 4.78 is 4.94. The summed E-state index contributed by atoms with van der Waals surface area (Å²) in [5.74, 6) is 0.458. The van der Waals surface area contributed by atoms with E-state index in [4.69, 9.17) is 4.74 Å². The number of hydrogen-bond acceptors (Lipinski definition) is 4. The van der Waals surface area contributed by atoms with Gasteiger partial charge in [0.05, 0.1) is 12.3 Å². The number of aromatic amines is 1. The highest BCUT2D eigenvalue weighted by atomic mass is 16.5. The average molecular weight is 217 g/mol. The summed E-state index contributed by atoms with van der Waals surface area (Å²) in [6.07, 6.45) is 1.65. The molecule has 2 rings (SSSR count). The maximum atomic E-state index is 11.4. The SMILES string of the molecule is COCc1cc(=O)[nH]c(-c2ccccn2)n1. The largest absolute Gasteiger partial charge is 0.378 e. The monoisotopic (exact) mass is 217 g/mol. The minimum Gasteiger partial charge on any atom is -0.378 e. The van der Waals surface area contributed by atoms with Crippen molar-refractivity contribution < 1.29 is 4.74 Å². The number of pyridine rings is 1. The van der Waals surface area contributed by atoms with Gasteiger partial charge in [0.1, 0.15) is 5.69 Å². The van der Waals surface area contributed by atoms with Crippen molar-refractivity contribution in [2.24, 2.45) is 0 Å². The van der Waals surface area contributed by atoms with E-state index in [0.29, 0.717) is 23.8 Å². The smallest absolute Gasteiger partial charge is 0.251 e. The third kappa shape index (κ3) is 2.32. The van der Waals surface area contributed by atoms with Gasteiger partial charge in [0.15, 0.2) is 5.82 Å². The molecule has 0 radical (unpaired) electrons. The second kappa shape index (κ2) is 4.67. The molecule has 2 aromatic rings. The molecule has 0 saturated carbocycles. The number of nitrogens with zero attached hydrogens (tertiary/aromatic N) is 2. The number of aromatic nitrogens is 3. The van der Waals surface area contributed by atoms with Crippen LogP contribution in [0, 0.1) is 0 Å². The number of ether oxygens (including phenoxy) is 1. The Morgan fingerprint density at radius 3 is 3.00 bits per heavy atom. The van der Waals surface area contributed by atoms with Gasteiger partial charge in [-0.05, 0) is 12.1 Å². The molecule has 0 atom stereocenters. The third-order valence-corrected chi connectivity index (χ3v) is 1.99. The molecule has 0 aliphatic heterocycles. The highest BCUT2D eigenvalue weighted by Crippen LogP contribution is 2.09. The minimum atomic E-state index is -0.206. The molecule has 0 fully saturated rings. The van der Waals surface area contributed by atoms with Gasteiger partial charge in [-0.25, -0.2) is 4.98 Å². The maximum absolute atomic E-state index is 11.4. The van der Waals surface area contributed by atoms with E-state index in [1.54, 1.807) is 25.4 Å². The Morgan fingerprint density at radius 2 is 2.31 bits per heavy atom. The van der Waals surface area contributed by atoms with E-state index in [2.05, 4.69) is 15.0 Å². The van der Waals surface area contributed by atoms with Crippen molar-refractivity contribution in [1.82, 2.24) is 15.0 Å². The molecule has 2 heterocycles. The van der Waals surface area contributed by atoms with E-state index in [1.165, 1.54) is 6.07 Å². The molecule has 82 valence electrons. The van der Waals surface area contributed by atoms with Gasteiger partial charge in [0, 0.05) is 19.4 Å². The van der Waals surface area contributed by atoms with Gasteiger partial charge >= 0.3 is 0 Å². The first kappa shape index (κ1) is 10.5. The Balaban J connectivity index is 2.45. The van der Waals surface area contributed by atoms with Crippen LogP contribution in [0.5, 0.6) is 0 Å². The molecule has 0 unspecified atom stereocenters. The summed E-state index contributed by atoms with van der Waals surface area (Å²) in [7, 11) is 1.56. The molecule has 0 aliphatic rings. The van der Waals surface area contributed by atoms with Gasteiger partial charge in [0.2, 0.25) is 0 Å². The summed E-state index contributed by atoms with van der Waals surface area (Å²) in [6.45, 7) is 0.309. The lowest BCUT2D eigenvalue weighted by atomic mass is 10.3. The van der Waals surface area contributed by atoms with E-state index in [0.717, 1.165) is 0 Å². The first-order chi connectivity index (χ1) is 7.79. The van der Waals surface area contributed by atoms with Gasteiger partial charge in [0.25, 0.3) is 5.56 Å². The number of hydrogen-bond donors (Lipinski definition) is 1. The molecule has 0 aromatic carbocycles. The predicted molar refractivity (Wildman–Crippen MR) is 58.8 cm³/mol. The van der Waals surface area contributed by atoms with Crippen molar-refractivity contribution in [3.63, 3.8) is 0 Å². The molecular formula is C11H11N3O2. The molecule has 0 aliphatic carbocycles. The van der Waals surface area contributed by atoms with Gasteiger partial charge in [-0.3, -0.25) is 9.78 Å². The molecule has 1 N–H and O–H groups in total. The van der Waals surface area contributed by atoms with Crippen LogP contribution >= 0.6 is 0 Å². The molecule has 0 amide bonds. The summed E-state index contributed by atoms with van der Waals surface area (Å²) >= 11 is 0. The predicted octanol–water partition coefficient (Wildman–Crippen LogP) is 0.978. The topological polar surface area (TPSA) is 67.9 Å². The van der Waals surface area contributed by atoms with Crippen LogP contribution in [0.25, 0.3) is 11.5 Å². The van der Waals surface area contributed by atoms with Crippen molar-refractivity contribution in [3.8, 4) is 11.5 Å². The molecule has 0 bridgehead atoms. The van der Waals surface area contributed by atoms with Crippen molar-refractivity contribution in [2.45, 2.75) is 6.61 Å². The van der Waals surface area contributed by atoms with Crippen LogP contribution in [-0.2, 0) is 11.3 Å². The molecule has 0 spiro atoms. The van der Waals surface area contributed by atoms with Crippen LogP contribution in [0.1, 0.15) is 5.69 Å². The second-order valence-electron chi connectivity index (χ2n) is 3.23. The van der Waals surface area contributed by atoms with Gasteiger partial charge in [-0.2, -0.15) is 0 Å². The molecule has 16 heavy (non-hydrogen) atoms. The molecular weight excluding hydrogens is 206 g/mol. The highest BCUT2D eigenvalue weighted by molar-refractivity contribution is 5.47. The first-order valence-corrected chi connectivity index (χ1v) is 4.80. The quantitative estimate of drug-likeness (QED) is 0.832. The van der Waals surface area contributed by atoms with Crippen LogP contribution in [0.3, 0.4) is 0 Å². The maximum Gasteiger partial charge on any atom is 0.251 e. The van der Waals surface area contributed by atoms with E-state index >= 15 is 0 Å². The van der Waals surface area contributed by atoms with Crippen LogP contribution in [0.2, 0.25) is 0 Å². The average Bonchev–Trinajstić information content (AvgIpc) is 2.30. The lowest BCUT2D eigenvalue weighted by Crippen LogP contribution is -2.11. The molecule has 5 nitrogen and oxygen atoms in total. The zero-order chi connectivity index (χ0) is 11.4. The number of H-pyrrole nitrogens is 1. The third-order valence-electron chi connectivity index (χ3n) is 1.99. The normalized spacial score (nSPS) is 10.3. The zero-order valence-corrected chi connectivity index (χ0v) is 8.80. The summed E-state index contributed by atoms with van der Waals surface area (Å²) in [6, 6.07) is 6.84. The van der Waals surface area contributed by atoms with E-state index in [9.17, 15) is 4.79 Å². The van der Waals surface area contributed by atoms with Crippen LogP contribution in [-0.4, -0.2) is 22.1 Å². The van der Waals surface area contributed by atoms with E-state index in [1.807, 2.05) is 6.07 Å². The standard InChI is InChI=1S/C11H11N3O2/c1-16-7-8-6-10(15)14-11(13-8)9-4-2-3-5-12-9/h2-6H,7H2,1H3,(H,13,14,15). The Labute approximate surface area is 92.2 Å². The lowest BCUT2D eigenvalue weighted by molar-refractivity contribution is 0.181. The minimum absolute atomic E-state index is 0.206. The summed E-state index contributed by atoms with van der Waals surface area (Å²) in [5, 5.41) is 0. The summed E-state index contributed by atoms with van der Waals surface area (Å²) in [4.78, 5) is 22.4. The first-order valence-electron chi connectivity index (χ1n) is 4.80. The zero-order valence-electron chi connectivity index (χ0n) is 8.80. The van der Waals surface area contributed by atoms with Gasteiger partial charge in [-0.1, -0.05) is 6.07 Å². The highest BCUT2D eigenvalue weighted by Gasteiger charge is 2.04.